The largest absolute Gasteiger partial charge is 0.330 e. The standard InChI is InChI=1S/C17H19Cl3N2O2S/c1-12(3-2-10-21)22(17-11-14(19)6-9-16(17)20)25(23,24)15-7-4-13(18)5-8-15/h4-9,11-12H,2-3,10,21H2,1H3. The minimum atomic E-state index is -3.85. The van der Waals surface area contributed by atoms with Gasteiger partial charge >= 0.3 is 0 Å². The maximum absolute atomic E-state index is 13.3. The summed E-state index contributed by atoms with van der Waals surface area (Å²) in [5.74, 6) is 0. The molecule has 2 aromatic rings. The molecule has 8 heteroatoms. The van der Waals surface area contributed by atoms with E-state index >= 15 is 0 Å². The number of sulfonamides is 1. The summed E-state index contributed by atoms with van der Waals surface area (Å²) in [5.41, 5.74) is 5.92. The Balaban J connectivity index is 2.57. The Hall–Kier alpha value is -0.980. The lowest BCUT2D eigenvalue weighted by molar-refractivity contribution is 0.565. The molecule has 25 heavy (non-hydrogen) atoms. The summed E-state index contributed by atoms with van der Waals surface area (Å²) in [7, 11) is -3.85. The van der Waals surface area contributed by atoms with Crippen molar-refractivity contribution in [2.45, 2.75) is 30.7 Å². The molecule has 0 amide bonds. The molecular formula is C17H19Cl3N2O2S. The first-order chi connectivity index (χ1) is 11.8. The molecule has 2 rings (SSSR count). The van der Waals surface area contributed by atoms with Crippen molar-refractivity contribution in [3.8, 4) is 0 Å². The first-order valence-corrected chi connectivity index (χ1v) is 10.3. The normalized spacial score (nSPS) is 12.8. The molecule has 0 spiro atoms. The van der Waals surface area contributed by atoms with Crippen LogP contribution in [0.25, 0.3) is 0 Å². The average molecular weight is 422 g/mol. The monoisotopic (exact) mass is 420 g/mol. The molecule has 0 saturated heterocycles. The van der Waals surface area contributed by atoms with Gasteiger partial charge in [-0.2, -0.15) is 0 Å². The molecule has 0 aliphatic carbocycles. The molecule has 136 valence electrons. The van der Waals surface area contributed by atoms with Gasteiger partial charge in [-0.1, -0.05) is 34.8 Å². The third-order valence-corrected chi connectivity index (χ3v) is 6.49. The van der Waals surface area contributed by atoms with E-state index in [9.17, 15) is 8.42 Å². The highest BCUT2D eigenvalue weighted by molar-refractivity contribution is 7.92. The second-order valence-corrected chi connectivity index (χ2v) is 8.73. The van der Waals surface area contributed by atoms with Crippen molar-refractivity contribution in [3.63, 3.8) is 0 Å². The molecule has 1 atom stereocenters. The van der Waals surface area contributed by atoms with Gasteiger partial charge in [0, 0.05) is 16.1 Å². The van der Waals surface area contributed by atoms with Crippen LogP contribution in [0.3, 0.4) is 0 Å². The van der Waals surface area contributed by atoms with E-state index in [0.717, 1.165) is 0 Å². The summed E-state index contributed by atoms with van der Waals surface area (Å²) < 4.78 is 27.8. The number of nitrogens with zero attached hydrogens (tertiary/aromatic N) is 1. The highest BCUT2D eigenvalue weighted by atomic mass is 35.5. The van der Waals surface area contributed by atoms with Crippen LogP contribution in [0.1, 0.15) is 19.8 Å². The summed E-state index contributed by atoms with van der Waals surface area (Å²) >= 11 is 18.2. The minimum Gasteiger partial charge on any atom is -0.330 e. The predicted octanol–water partition coefficient (Wildman–Crippen LogP) is 4.97. The van der Waals surface area contributed by atoms with Crippen molar-refractivity contribution in [3.05, 3.63) is 57.5 Å². The number of benzene rings is 2. The lowest BCUT2D eigenvalue weighted by atomic mass is 10.1. The molecule has 0 bridgehead atoms. The van der Waals surface area contributed by atoms with Crippen molar-refractivity contribution in [2.75, 3.05) is 10.8 Å². The quantitative estimate of drug-likeness (QED) is 0.686. The second kappa shape index (κ2) is 8.60. The van der Waals surface area contributed by atoms with Gasteiger partial charge in [0.05, 0.1) is 15.6 Å². The van der Waals surface area contributed by atoms with Crippen LogP contribution in [0.4, 0.5) is 5.69 Å². The molecule has 2 aromatic carbocycles. The summed E-state index contributed by atoms with van der Waals surface area (Å²) in [6.07, 6.45) is 1.28. The van der Waals surface area contributed by atoms with E-state index < -0.39 is 10.0 Å². The zero-order valence-electron chi connectivity index (χ0n) is 13.6. The SMILES string of the molecule is CC(CCCN)N(c1cc(Cl)ccc1Cl)S(=O)(=O)c1ccc(Cl)cc1. The van der Waals surface area contributed by atoms with Gasteiger partial charge in [-0.15, -0.1) is 0 Å². The van der Waals surface area contributed by atoms with Crippen molar-refractivity contribution < 1.29 is 8.42 Å². The molecule has 0 aliphatic rings. The van der Waals surface area contributed by atoms with Gasteiger partial charge in [0.15, 0.2) is 0 Å². The minimum absolute atomic E-state index is 0.132. The van der Waals surface area contributed by atoms with Gasteiger partial charge in [-0.3, -0.25) is 4.31 Å². The molecule has 0 fully saturated rings. The Kier molecular flexibility index (Phi) is 7.00. The fourth-order valence-electron chi connectivity index (χ4n) is 2.51. The third kappa shape index (κ3) is 4.80. The molecule has 1 unspecified atom stereocenters. The Morgan fingerprint density at radius 1 is 1.04 bits per heavy atom. The fraction of sp³-hybridized carbons (Fsp3) is 0.294. The first kappa shape index (κ1) is 20.3. The van der Waals surface area contributed by atoms with E-state index in [4.69, 9.17) is 40.5 Å². The number of hydrogen-bond donors (Lipinski definition) is 1. The van der Waals surface area contributed by atoms with Gasteiger partial charge in [0.25, 0.3) is 10.0 Å². The van der Waals surface area contributed by atoms with Crippen LogP contribution in [-0.4, -0.2) is 21.0 Å². The Bertz CT molecular complexity index is 826. The van der Waals surface area contributed by atoms with Crippen molar-refractivity contribution in [1.29, 1.82) is 0 Å². The predicted molar refractivity (Wildman–Crippen MR) is 105 cm³/mol. The topological polar surface area (TPSA) is 63.4 Å². The highest BCUT2D eigenvalue weighted by Crippen LogP contribution is 2.35. The number of hydrogen-bond acceptors (Lipinski definition) is 3. The van der Waals surface area contributed by atoms with Gasteiger partial charge in [0.1, 0.15) is 0 Å². The van der Waals surface area contributed by atoms with Gasteiger partial charge in [-0.25, -0.2) is 8.42 Å². The summed E-state index contributed by atoms with van der Waals surface area (Å²) in [4.78, 5) is 0.132. The van der Waals surface area contributed by atoms with Crippen LogP contribution >= 0.6 is 34.8 Å². The fourth-order valence-corrected chi connectivity index (χ4v) is 4.76. The van der Waals surface area contributed by atoms with Crippen molar-refractivity contribution >= 4 is 50.5 Å². The van der Waals surface area contributed by atoms with Gasteiger partial charge in [0.2, 0.25) is 0 Å². The van der Waals surface area contributed by atoms with Crippen molar-refractivity contribution in [1.82, 2.24) is 0 Å². The van der Waals surface area contributed by atoms with E-state index in [1.54, 1.807) is 18.2 Å². The summed E-state index contributed by atoms with van der Waals surface area (Å²) in [6, 6.07) is 10.4. The summed E-state index contributed by atoms with van der Waals surface area (Å²) in [5, 5.41) is 1.17. The lowest BCUT2D eigenvalue weighted by Gasteiger charge is -2.31. The maximum Gasteiger partial charge on any atom is 0.264 e. The second-order valence-electron chi connectivity index (χ2n) is 5.63. The highest BCUT2D eigenvalue weighted by Gasteiger charge is 2.31. The molecule has 0 aliphatic heterocycles. The summed E-state index contributed by atoms with van der Waals surface area (Å²) in [6.45, 7) is 2.29. The van der Waals surface area contributed by atoms with Crippen LogP contribution in [-0.2, 0) is 10.0 Å². The van der Waals surface area contributed by atoms with Crippen LogP contribution < -0.4 is 10.0 Å². The Morgan fingerprint density at radius 3 is 2.24 bits per heavy atom. The zero-order valence-corrected chi connectivity index (χ0v) is 16.7. The van der Waals surface area contributed by atoms with Crippen LogP contribution in [0.2, 0.25) is 15.1 Å². The molecule has 4 nitrogen and oxygen atoms in total. The van der Waals surface area contributed by atoms with E-state index in [-0.39, 0.29) is 10.9 Å². The smallest absolute Gasteiger partial charge is 0.264 e. The molecule has 2 N–H and O–H groups in total. The van der Waals surface area contributed by atoms with Crippen LogP contribution in [0, 0.1) is 0 Å². The zero-order chi connectivity index (χ0) is 18.6. The van der Waals surface area contributed by atoms with Crippen molar-refractivity contribution in [2.24, 2.45) is 5.73 Å². The van der Waals surface area contributed by atoms with E-state index in [0.29, 0.717) is 40.1 Å². The molecule has 0 saturated carbocycles. The molecule has 0 radical (unpaired) electrons. The Morgan fingerprint density at radius 2 is 1.64 bits per heavy atom. The van der Waals surface area contributed by atoms with Crippen LogP contribution in [0.5, 0.6) is 0 Å². The number of nitrogens with two attached hydrogens (primary N) is 1. The van der Waals surface area contributed by atoms with E-state index in [1.807, 2.05) is 6.92 Å². The van der Waals surface area contributed by atoms with Gasteiger partial charge < -0.3 is 5.73 Å². The van der Waals surface area contributed by atoms with Crippen LogP contribution in [0.15, 0.2) is 47.4 Å². The number of halogens is 3. The third-order valence-electron chi connectivity index (χ3n) is 3.74. The molecule has 0 aromatic heterocycles. The number of anilines is 1. The maximum atomic E-state index is 13.3. The molecular weight excluding hydrogens is 403 g/mol. The Labute approximate surface area is 163 Å². The van der Waals surface area contributed by atoms with Gasteiger partial charge in [-0.05, 0) is 68.8 Å². The number of rotatable bonds is 7. The molecule has 0 heterocycles. The van der Waals surface area contributed by atoms with E-state index in [1.165, 1.54) is 28.6 Å². The average Bonchev–Trinajstić information content (AvgIpc) is 2.56. The van der Waals surface area contributed by atoms with E-state index in [2.05, 4.69) is 0 Å². The first-order valence-electron chi connectivity index (χ1n) is 7.72. The lowest BCUT2D eigenvalue weighted by Crippen LogP contribution is -2.39.